The van der Waals surface area contributed by atoms with Gasteiger partial charge >= 0.3 is 6.09 Å². The summed E-state index contributed by atoms with van der Waals surface area (Å²) >= 11 is 1.80. The maximum Gasteiger partial charge on any atom is 0.409 e. The van der Waals surface area contributed by atoms with E-state index in [9.17, 15) is 4.79 Å². The molecular formula is C13H27IN4O2S. The second-order valence-electron chi connectivity index (χ2n) is 4.60. The van der Waals surface area contributed by atoms with Crippen molar-refractivity contribution in [1.29, 1.82) is 0 Å². The Bertz CT molecular complexity index is 323. The molecule has 1 aliphatic heterocycles. The molecular weight excluding hydrogens is 403 g/mol. The Morgan fingerprint density at radius 1 is 1.43 bits per heavy atom. The fraction of sp³-hybridized carbons (Fsp3) is 0.846. The van der Waals surface area contributed by atoms with Crippen molar-refractivity contribution in [2.24, 2.45) is 4.99 Å². The van der Waals surface area contributed by atoms with E-state index >= 15 is 0 Å². The van der Waals surface area contributed by atoms with Crippen molar-refractivity contribution in [3.05, 3.63) is 0 Å². The summed E-state index contributed by atoms with van der Waals surface area (Å²) in [5, 5.41) is 6.69. The third-order valence-electron chi connectivity index (χ3n) is 3.18. The first-order chi connectivity index (χ1) is 9.71. The lowest BCUT2D eigenvalue weighted by Crippen LogP contribution is -2.50. The van der Waals surface area contributed by atoms with E-state index in [0.717, 1.165) is 44.2 Å². The molecule has 0 aromatic heterocycles. The zero-order valence-electron chi connectivity index (χ0n) is 13.1. The zero-order valence-corrected chi connectivity index (χ0v) is 16.2. The lowest BCUT2D eigenvalue weighted by molar-refractivity contribution is 0.0963. The van der Waals surface area contributed by atoms with Crippen LogP contribution >= 0.6 is 35.7 Å². The van der Waals surface area contributed by atoms with E-state index in [4.69, 9.17) is 4.74 Å². The Kier molecular flexibility index (Phi) is 12.0. The summed E-state index contributed by atoms with van der Waals surface area (Å²) in [4.78, 5) is 17.6. The van der Waals surface area contributed by atoms with E-state index in [0.29, 0.717) is 12.6 Å². The number of hydrogen-bond donors (Lipinski definition) is 2. The first-order valence-electron chi connectivity index (χ1n) is 7.09. The molecule has 1 rings (SSSR count). The topological polar surface area (TPSA) is 66.0 Å². The molecule has 0 saturated carbocycles. The standard InChI is InChI=1S/C13H26N4O2S.HI/c1-4-19-13(18)17-8-5-11(6-9-17)16-12(14-2)15-7-10-20-3;/h11H,4-10H2,1-3H3,(H2,14,15,16);1H. The van der Waals surface area contributed by atoms with Gasteiger partial charge in [-0.05, 0) is 26.0 Å². The van der Waals surface area contributed by atoms with Gasteiger partial charge in [-0.2, -0.15) is 11.8 Å². The van der Waals surface area contributed by atoms with Gasteiger partial charge in [-0.3, -0.25) is 4.99 Å². The van der Waals surface area contributed by atoms with Gasteiger partial charge in [0.2, 0.25) is 0 Å². The molecule has 1 amide bonds. The predicted octanol–water partition coefficient (Wildman–Crippen LogP) is 1.75. The highest BCUT2D eigenvalue weighted by Gasteiger charge is 2.23. The Balaban J connectivity index is 0.00000400. The van der Waals surface area contributed by atoms with Crippen LogP contribution in [0.15, 0.2) is 4.99 Å². The van der Waals surface area contributed by atoms with Crippen LogP contribution in [0, 0.1) is 0 Å². The molecule has 0 atom stereocenters. The molecule has 0 bridgehead atoms. The van der Waals surface area contributed by atoms with Crippen LogP contribution in [-0.4, -0.2) is 68.3 Å². The molecule has 1 heterocycles. The summed E-state index contributed by atoms with van der Waals surface area (Å²) in [5.74, 6) is 1.90. The molecule has 0 spiro atoms. The van der Waals surface area contributed by atoms with Crippen LogP contribution in [0.25, 0.3) is 0 Å². The van der Waals surface area contributed by atoms with Gasteiger partial charge in [0, 0.05) is 38.5 Å². The van der Waals surface area contributed by atoms with Gasteiger partial charge in [0.1, 0.15) is 0 Å². The smallest absolute Gasteiger partial charge is 0.409 e. The van der Waals surface area contributed by atoms with Gasteiger partial charge in [-0.15, -0.1) is 24.0 Å². The number of thioether (sulfide) groups is 1. The van der Waals surface area contributed by atoms with Crippen LogP contribution in [0.2, 0.25) is 0 Å². The Labute approximate surface area is 148 Å². The van der Waals surface area contributed by atoms with Crippen molar-refractivity contribution in [3.63, 3.8) is 0 Å². The van der Waals surface area contributed by atoms with E-state index in [1.165, 1.54) is 0 Å². The number of nitrogens with zero attached hydrogens (tertiary/aromatic N) is 2. The highest BCUT2D eigenvalue weighted by Crippen LogP contribution is 2.11. The predicted molar refractivity (Wildman–Crippen MR) is 99.9 cm³/mol. The van der Waals surface area contributed by atoms with E-state index in [-0.39, 0.29) is 30.1 Å². The molecule has 8 heteroatoms. The number of carbonyl (C=O) groups is 1. The minimum Gasteiger partial charge on any atom is -0.450 e. The monoisotopic (exact) mass is 430 g/mol. The number of halogens is 1. The van der Waals surface area contributed by atoms with Crippen LogP contribution in [0.3, 0.4) is 0 Å². The second kappa shape index (κ2) is 12.2. The maximum atomic E-state index is 11.6. The molecule has 1 fully saturated rings. The lowest BCUT2D eigenvalue weighted by atomic mass is 10.1. The van der Waals surface area contributed by atoms with Crippen molar-refractivity contribution in [1.82, 2.24) is 15.5 Å². The molecule has 124 valence electrons. The maximum absolute atomic E-state index is 11.6. The Morgan fingerprint density at radius 3 is 2.62 bits per heavy atom. The third-order valence-corrected chi connectivity index (χ3v) is 3.80. The van der Waals surface area contributed by atoms with Crippen molar-refractivity contribution < 1.29 is 9.53 Å². The quantitative estimate of drug-likeness (QED) is 0.301. The number of likely N-dealkylation sites (tertiary alicyclic amines) is 1. The normalized spacial score (nSPS) is 16.1. The third kappa shape index (κ3) is 7.98. The Hall–Kier alpha value is -0.380. The minimum absolute atomic E-state index is 0. The second-order valence-corrected chi connectivity index (χ2v) is 5.58. The van der Waals surface area contributed by atoms with E-state index in [1.54, 1.807) is 23.7 Å². The van der Waals surface area contributed by atoms with E-state index in [1.807, 2.05) is 6.92 Å². The Morgan fingerprint density at radius 2 is 2.10 bits per heavy atom. The molecule has 0 aromatic carbocycles. The average molecular weight is 430 g/mol. The summed E-state index contributed by atoms with van der Waals surface area (Å²) < 4.78 is 5.01. The molecule has 1 saturated heterocycles. The van der Waals surface area contributed by atoms with Gasteiger partial charge < -0.3 is 20.3 Å². The summed E-state index contributed by atoms with van der Waals surface area (Å²) in [6.45, 7) is 4.64. The summed E-state index contributed by atoms with van der Waals surface area (Å²) in [5.41, 5.74) is 0. The van der Waals surface area contributed by atoms with Gasteiger partial charge in [-0.25, -0.2) is 4.79 Å². The van der Waals surface area contributed by atoms with Crippen LogP contribution < -0.4 is 10.6 Å². The molecule has 0 radical (unpaired) electrons. The molecule has 6 nitrogen and oxygen atoms in total. The summed E-state index contributed by atoms with van der Waals surface area (Å²) in [7, 11) is 1.78. The zero-order chi connectivity index (χ0) is 14.8. The summed E-state index contributed by atoms with van der Waals surface area (Å²) in [6, 6.07) is 0.362. The van der Waals surface area contributed by atoms with Crippen LogP contribution in [0.1, 0.15) is 19.8 Å². The molecule has 21 heavy (non-hydrogen) atoms. The fourth-order valence-corrected chi connectivity index (χ4v) is 2.39. The van der Waals surface area contributed by atoms with Gasteiger partial charge in [0.25, 0.3) is 0 Å². The number of hydrogen-bond acceptors (Lipinski definition) is 4. The molecule has 2 N–H and O–H groups in total. The average Bonchev–Trinajstić information content (AvgIpc) is 2.47. The first-order valence-corrected chi connectivity index (χ1v) is 8.48. The van der Waals surface area contributed by atoms with E-state index < -0.39 is 0 Å². The molecule has 0 aliphatic carbocycles. The van der Waals surface area contributed by atoms with Crippen molar-refractivity contribution in [2.45, 2.75) is 25.8 Å². The van der Waals surface area contributed by atoms with Crippen LogP contribution in [-0.2, 0) is 4.74 Å². The van der Waals surface area contributed by atoms with Gasteiger partial charge in [0.05, 0.1) is 6.61 Å². The number of carbonyl (C=O) groups excluding carboxylic acids is 1. The molecule has 1 aliphatic rings. The minimum atomic E-state index is -0.201. The highest BCUT2D eigenvalue weighted by atomic mass is 127. The fourth-order valence-electron chi connectivity index (χ4n) is 2.08. The van der Waals surface area contributed by atoms with Gasteiger partial charge in [-0.1, -0.05) is 0 Å². The number of piperidine rings is 1. The lowest BCUT2D eigenvalue weighted by Gasteiger charge is -2.32. The van der Waals surface area contributed by atoms with Gasteiger partial charge in [0.15, 0.2) is 5.96 Å². The van der Waals surface area contributed by atoms with Crippen LogP contribution in [0.4, 0.5) is 4.79 Å². The number of rotatable bonds is 5. The van der Waals surface area contributed by atoms with Crippen molar-refractivity contribution in [2.75, 3.05) is 45.3 Å². The highest BCUT2D eigenvalue weighted by molar-refractivity contribution is 14.0. The largest absolute Gasteiger partial charge is 0.450 e. The van der Waals surface area contributed by atoms with Crippen LogP contribution in [0.5, 0.6) is 0 Å². The van der Waals surface area contributed by atoms with E-state index in [2.05, 4.69) is 21.9 Å². The number of guanidine groups is 1. The first kappa shape index (κ1) is 20.6. The van der Waals surface area contributed by atoms with Crippen molar-refractivity contribution in [3.8, 4) is 0 Å². The number of ether oxygens (including phenoxy) is 1. The number of aliphatic imine (C=N–C) groups is 1. The SMILES string of the molecule is CCOC(=O)N1CCC(NC(=NC)NCCSC)CC1.I. The number of amides is 1. The molecule has 0 aromatic rings. The van der Waals surface area contributed by atoms with Crippen molar-refractivity contribution >= 4 is 47.8 Å². The number of nitrogens with one attached hydrogen (secondary N) is 2. The molecule has 0 unspecified atom stereocenters. The summed E-state index contributed by atoms with van der Waals surface area (Å²) in [6.07, 6.45) is 3.72.